The predicted octanol–water partition coefficient (Wildman–Crippen LogP) is 10.4. The maximum absolute atomic E-state index is 14.5. The Kier molecular flexibility index (Phi) is 9.78. The van der Waals surface area contributed by atoms with Crippen LogP contribution in [0.1, 0.15) is 84.6 Å². The van der Waals surface area contributed by atoms with Gasteiger partial charge in [0.25, 0.3) is 0 Å². The van der Waals surface area contributed by atoms with Crippen molar-refractivity contribution in [3.05, 3.63) is 113 Å². The van der Waals surface area contributed by atoms with Gasteiger partial charge in [0.15, 0.2) is 0 Å². The Balaban J connectivity index is 0.00000486. The zero-order valence-electron chi connectivity index (χ0n) is 29.7. The van der Waals surface area contributed by atoms with Gasteiger partial charge in [-0.25, -0.2) is 9.97 Å². The molecule has 0 spiro atoms. The van der Waals surface area contributed by atoms with Crippen LogP contribution in [0.4, 0.5) is 19.0 Å². The van der Waals surface area contributed by atoms with Crippen LogP contribution in [-0.2, 0) is 43.5 Å². The molecule has 6 rings (SSSR count). The summed E-state index contributed by atoms with van der Waals surface area (Å²) >= 11 is 0. The minimum absolute atomic E-state index is 0. The van der Waals surface area contributed by atoms with Gasteiger partial charge in [-0.2, -0.15) is 13.2 Å². The normalized spacial score (nSPS) is 13.2. The maximum Gasteiger partial charge on any atom is 2.00 e. The van der Waals surface area contributed by atoms with Gasteiger partial charge in [-0.15, -0.1) is 47.2 Å². The first-order valence-corrected chi connectivity index (χ1v) is 16.3. The number of benzene rings is 3. The van der Waals surface area contributed by atoms with Crippen molar-refractivity contribution in [2.24, 2.45) is 4.99 Å². The molecule has 0 aliphatic heterocycles. The van der Waals surface area contributed by atoms with E-state index in [1.165, 1.54) is 18.0 Å². The number of hydrogen-bond donors (Lipinski definition) is 0. The largest absolute Gasteiger partial charge is 2.00 e. The molecule has 260 valence electrons. The summed E-state index contributed by atoms with van der Waals surface area (Å²) in [5.41, 5.74) is 4.12. The molecule has 0 bridgehead atoms. The molecule has 0 atom stereocenters. The van der Waals surface area contributed by atoms with E-state index in [1.807, 2.05) is 18.2 Å². The molecular weight excluding hydrogens is 815 g/mol. The summed E-state index contributed by atoms with van der Waals surface area (Å²) in [5, 5.41) is 0.794. The van der Waals surface area contributed by atoms with E-state index >= 15 is 0 Å². The molecule has 3 aromatic heterocycles. The van der Waals surface area contributed by atoms with Gasteiger partial charge in [0.1, 0.15) is 6.33 Å². The van der Waals surface area contributed by atoms with Crippen LogP contribution in [0.25, 0.3) is 44.3 Å². The summed E-state index contributed by atoms with van der Waals surface area (Å²) < 4.78 is 43.6. The molecule has 0 saturated carbocycles. The van der Waals surface area contributed by atoms with Crippen LogP contribution >= 0.6 is 0 Å². The molecule has 9 heteroatoms. The third-order valence-corrected chi connectivity index (χ3v) is 8.70. The van der Waals surface area contributed by atoms with Crippen LogP contribution < -0.4 is 10.5 Å². The van der Waals surface area contributed by atoms with E-state index in [2.05, 4.69) is 96.5 Å². The second-order valence-corrected chi connectivity index (χ2v) is 15.6. The van der Waals surface area contributed by atoms with E-state index in [0.29, 0.717) is 28.1 Å². The van der Waals surface area contributed by atoms with E-state index in [-0.39, 0.29) is 53.6 Å². The SMILES string of the molecule is CC(C)(C)c1cc[c-]c(-c2ccc(C(C)(C)C)/c(=N/c3nc(-c4ncnc5c(C(F)(F)F)c6ccccc6cc45)ccc3C(C)(C)C)[n-]2)c1.[Pt+2]. The van der Waals surface area contributed by atoms with E-state index < -0.39 is 11.7 Å². The van der Waals surface area contributed by atoms with Crippen molar-refractivity contribution >= 4 is 27.5 Å². The average molecular weight is 855 g/mol. The number of halogens is 3. The van der Waals surface area contributed by atoms with E-state index in [0.717, 1.165) is 22.4 Å². The second kappa shape index (κ2) is 13.2. The summed E-state index contributed by atoms with van der Waals surface area (Å²) in [4.78, 5) is 23.9. The Hall–Kier alpha value is -4.16. The van der Waals surface area contributed by atoms with Gasteiger partial charge in [-0.1, -0.05) is 104 Å². The molecule has 0 saturated heterocycles. The molecule has 50 heavy (non-hydrogen) atoms. The van der Waals surface area contributed by atoms with Crippen molar-refractivity contribution in [3.8, 4) is 22.6 Å². The number of fused-ring (bicyclic) bond motifs is 2. The van der Waals surface area contributed by atoms with Gasteiger partial charge >= 0.3 is 27.2 Å². The molecule has 0 radical (unpaired) electrons. The maximum atomic E-state index is 14.5. The fourth-order valence-electron chi connectivity index (χ4n) is 6.06. The predicted molar refractivity (Wildman–Crippen MR) is 191 cm³/mol. The molecule has 0 N–H and O–H groups in total. The van der Waals surface area contributed by atoms with Crippen LogP contribution in [0.5, 0.6) is 0 Å². The summed E-state index contributed by atoms with van der Waals surface area (Å²) in [6.07, 6.45) is -3.46. The summed E-state index contributed by atoms with van der Waals surface area (Å²) in [7, 11) is 0. The number of pyridine rings is 2. The van der Waals surface area contributed by atoms with Crippen molar-refractivity contribution in [2.75, 3.05) is 0 Å². The first kappa shape index (κ1) is 37.1. The zero-order valence-corrected chi connectivity index (χ0v) is 32.0. The monoisotopic (exact) mass is 854 g/mol. The Labute approximate surface area is 305 Å². The molecule has 0 unspecified atom stereocenters. The number of alkyl halides is 3. The fourth-order valence-corrected chi connectivity index (χ4v) is 6.06. The Bertz CT molecular complexity index is 2280. The quantitative estimate of drug-likeness (QED) is 0.131. The minimum atomic E-state index is -4.63. The van der Waals surface area contributed by atoms with E-state index in [9.17, 15) is 13.2 Å². The average Bonchev–Trinajstić information content (AvgIpc) is 3.01. The van der Waals surface area contributed by atoms with Crippen molar-refractivity contribution in [2.45, 2.75) is 84.7 Å². The Morgan fingerprint density at radius 1 is 0.720 bits per heavy atom. The molecule has 5 nitrogen and oxygen atoms in total. The minimum Gasteiger partial charge on any atom is -0.482 e. The molecule has 0 fully saturated rings. The van der Waals surface area contributed by atoms with E-state index in [1.54, 1.807) is 30.3 Å². The third kappa shape index (κ3) is 7.32. The van der Waals surface area contributed by atoms with Gasteiger partial charge in [0, 0.05) is 5.39 Å². The second-order valence-electron chi connectivity index (χ2n) is 15.6. The standard InChI is InChI=1S/C41H40F3N5.Pt/c1-38(2,3)26-15-12-14-25(21-26)31-19-17-29(39(4,5)6)36(47-31)49-37-30(40(7,8)9)18-20-32(48-37)34-28-22-24-13-10-11-16-27(24)33(41(42,43)44)35(28)46-23-45-34;/h10-13,15-23H,1-9H3;/q-2;+2. The number of hydrogen-bond acceptors (Lipinski definition) is 4. The van der Waals surface area contributed by atoms with Gasteiger partial charge < -0.3 is 9.98 Å². The molecule has 3 heterocycles. The van der Waals surface area contributed by atoms with Crippen LogP contribution in [0.2, 0.25) is 0 Å². The van der Waals surface area contributed by atoms with Crippen molar-refractivity contribution in [1.82, 2.24) is 19.9 Å². The van der Waals surface area contributed by atoms with Crippen molar-refractivity contribution in [3.63, 3.8) is 0 Å². The van der Waals surface area contributed by atoms with E-state index in [4.69, 9.17) is 15.0 Å². The first-order chi connectivity index (χ1) is 22.8. The fraction of sp³-hybridized carbons (Fsp3) is 0.317. The number of rotatable bonds is 3. The molecule has 3 aromatic carbocycles. The Morgan fingerprint density at radius 2 is 1.40 bits per heavy atom. The zero-order chi connectivity index (χ0) is 35.5. The van der Waals surface area contributed by atoms with Crippen LogP contribution in [-0.4, -0.2) is 15.0 Å². The van der Waals surface area contributed by atoms with Crippen LogP contribution in [0.3, 0.4) is 0 Å². The molecule has 0 aliphatic carbocycles. The van der Waals surface area contributed by atoms with Crippen LogP contribution in [0.15, 0.2) is 84.1 Å². The van der Waals surface area contributed by atoms with Gasteiger partial charge in [-0.05, 0) is 50.3 Å². The van der Waals surface area contributed by atoms with Gasteiger partial charge in [-0.3, -0.25) is 4.98 Å². The first-order valence-electron chi connectivity index (χ1n) is 16.3. The molecule has 0 aliphatic rings. The smallest absolute Gasteiger partial charge is 0.482 e. The molecule has 6 aromatic rings. The number of aromatic nitrogens is 4. The van der Waals surface area contributed by atoms with Crippen molar-refractivity contribution in [1.29, 1.82) is 0 Å². The van der Waals surface area contributed by atoms with Gasteiger partial charge in [0.05, 0.1) is 28.3 Å². The Morgan fingerprint density at radius 3 is 2.06 bits per heavy atom. The topological polar surface area (TPSA) is 65.1 Å². The summed E-state index contributed by atoms with van der Waals surface area (Å²) in [5.74, 6) is 0.427. The number of nitrogens with zero attached hydrogens (tertiary/aromatic N) is 5. The van der Waals surface area contributed by atoms with Gasteiger partial charge in [0.2, 0.25) is 0 Å². The summed E-state index contributed by atoms with van der Waals surface area (Å²) in [6.45, 7) is 19.1. The molecular formula is C41H40F3N5Pt. The third-order valence-electron chi connectivity index (χ3n) is 8.70. The molecule has 0 amide bonds. The van der Waals surface area contributed by atoms with Crippen molar-refractivity contribution < 1.29 is 34.2 Å². The summed E-state index contributed by atoms with van der Waals surface area (Å²) in [6, 6.07) is 25.4. The van der Waals surface area contributed by atoms with Crippen LogP contribution in [0, 0.1) is 6.07 Å².